The van der Waals surface area contributed by atoms with Crippen molar-refractivity contribution in [3.8, 4) is 0 Å². The number of hydrogen-bond acceptors (Lipinski definition) is 3. The van der Waals surface area contributed by atoms with E-state index in [2.05, 4.69) is 24.1 Å². The summed E-state index contributed by atoms with van der Waals surface area (Å²) in [6, 6.07) is 10.6. The largest absolute Gasteiger partial charge is 0.396 e. The molecule has 0 aliphatic heterocycles. The van der Waals surface area contributed by atoms with E-state index in [4.69, 9.17) is 5.73 Å². The molecule has 2 rings (SSSR count). The van der Waals surface area contributed by atoms with Crippen molar-refractivity contribution in [3.05, 3.63) is 54.0 Å². The van der Waals surface area contributed by atoms with E-state index in [9.17, 15) is 4.39 Å². The maximum Gasteiger partial charge on any atom is 0.149 e. The van der Waals surface area contributed by atoms with Gasteiger partial charge in [-0.05, 0) is 49.6 Å². The van der Waals surface area contributed by atoms with Gasteiger partial charge in [0, 0.05) is 44.9 Å². The second-order valence-corrected chi connectivity index (χ2v) is 5.45. The first kappa shape index (κ1) is 31.7. The third-order valence-corrected chi connectivity index (χ3v) is 2.80. The molecule has 0 saturated carbocycles. The first-order valence-electron chi connectivity index (χ1n) is 7.12. The maximum absolute atomic E-state index is 12.4. The van der Waals surface area contributed by atoms with E-state index in [0.717, 1.165) is 5.82 Å². The molecule has 0 amide bonds. The summed E-state index contributed by atoms with van der Waals surface area (Å²) in [4.78, 5) is 4.08. The number of benzene rings is 1. The van der Waals surface area contributed by atoms with E-state index in [0.29, 0.717) is 17.6 Å². The first-order chi connectivity index (χ1) is 9.90. The minimum Gasteiger partial charge on any atom is -0.396 e. The topological polar surface area (TPSA) is 50.9 Å². The van der Waals surface area contributed by atoms with Gasteiger partial charge < -0.3 is 11.1 Å². The third-order valence-electron chi connectivity index (χ3n) is 2.80. The third kappa shape index (κ3) is 12.9. The second kappa shape index (κ2) is 16.5. The maximum atomic E-state index is 12.4. The molecule has 1 aromatic carbocycles. The fraction of sp³-hybridized carbons (Fsp3) is 0.450. The zero-order valence-corrected chi connectivity index (χ0v) is 16.5. The van der Waals surface area contributed by atoms with Gasteiger partial charge in [0.1, 0.15) is 11.6 Å². The van der Waals surface area contributed by atoms with Gasteiger partial charge in [0.05, 0.1) is 5.69 Å². The van der Waals surface area contributed by atoms with Crippen molar-refractivity contribution in [2.75, 3.05) is 11.1 Å². The number of nitrogen functional groups attached to an aromatic ring is 1. The van der Waals surface area contributed by atoms with Crippen LogP contribution in [0.15, 0.2) is 42.6 Å². The fourth-order valence-corrected chi connectivity index (χ4v) is 1.66. The normalized spacial score (nSPS) is 8.60. The van der Waals surface area contributed by atoms with Crippen molar-refractivity contribution in [2.24, 2.45) is 0 Å². The van der Waals surface area contributed by atoms with Crippen LogP contribution in [0.1, 0.15) is 61.5 Å². The number of halogens is 1. The van der Waals surface area contributed by atoms with Crippen LogP contribution in [0.25, 0.3) is 0 Å². The number of anilines is 2. The summed E-state index contributed by atoms with van der Waals surface area (Å²) >= 11 is 0. The molecule has 1 heterocycles. The van der Waals surface area contributed by atoms with Crippen molar-refractivity contribution in [1.82, 2.24) is 4.98 Å². The van der Waals surface area contributed by atoms with Crippen LogP contribution in [0.5, 0.6) is 0 Å². The minimum absolute atomic E-state index is 0. The summed E-state index contributed by atoms with van der Waals surface area (Å²) in [5, 5.41) is 3.14. The molecular formula is C20H36FN3Y. The molecule has 0 spiro atoms. The van der Waals surface area contributed by atoms with Gasteiger partial charge in [-0.2, -0.15) is 0 Å². The molecular weight excluding hydrogens is 390 g/mol. The number of nitrogens with zero attached hydrogens (tertiary/aromatic N) is 1. The Balaban J connectivity index is -0.000000152. The Labute approximate surface area is 179 Å². The molecule has 3 nitrogen and oxygen atoms in total. The number of nitrogens with two attached hydrogens (primary N) is 1. The molecule has 0 atom stereocenters. The van der Waals surface area contributed by atoms with Crippen LogP contribution in [-0.2, 0) is 32.7 Å². The average Bonchev–Trinajstić information content (AvgIpc) is 2.42. The summed E-state index contributed by atoms with van der Waals surface area (Å²) in [5.74, 6) is 1.09. The van der Waals surface area contributed by atoms with Crippen molar-refractivity contribution in [3.63, 3.8) is 0 Å². The summed E-state index contributed by atoms with van der Waals surface area (Å²) in [6.45, 7) is 8.28. The number of hydrogen-bond donors (Lipinski definition) is 2. The van der Waals surface area contributed by atoms with Crippen LogP contribution in [0.3, 0.4) is 0 Å². The SMILES string of the molecule is C.C.C.CC(C)Nc1ncccc1N.CC(C)c1ccc(F)cc1.[Y]. The van der Waals surface area contributed by atoms with Gasteiger partial charge in [-0.25, -0.2) is 9.37 Å². The molecule has 5 heteroatoms. The Morgan fingerprint density at radius 1 is 0.960 bits per heavy atom. The second-order valence-electron chi connectivity index (χ2n) is 5.45. The first-order valence-corrected chi connectivity index (χ1v) is 7.12. The van der Waals surface area contributed by atoms with Gasteiger partial charge >= 0.3 is 0 Å². The zero-order valence-electron chi connectivity index (χ0n) is 13.7. The van der Waals surface area contributed by atoms with Crippen molar-refractivity contribution < 1.29 is 37.1 Å². The summed E-state index contributed by atoms with van der Waals surface area (Å²) in [7, 11) is 0. The van der Waals surface area contributed by atoms with E-state index in [1.165, 1.54) is 17.7 Å². The average molecular weight is 426 g/mol. The van der Waals surface area contributed by atoms with Crippen LogP contribution in [0, 0.1) is 5.82 Å². The molecule has 0 saturated heterocycles. The van der Waals surface area contributed by atoms with Gasteiger partial charge in [-0.3, -0.25) is 0 Å². The van der Waals surface area contributed by atoms with Crippen molar-refractivity contribution in [2.45, 2.75) is 61.9 Å². The number of nitrogens with one attached hydrogen (secondary N) is 1. The van der Waals surface area contributed by atoms with Gasteiger partial charge in [0.15, 0.2) is 0 Å². The van der Waals surface area contributed by atoms with E-state index in [1.54, 1.807) is 6.20 Å². The van der Waals surface area contributed by atoms with E-state index in [1.807, 2.05) is 38.1 Å². The molecule has 1 radical (unpaired) electrons. The van der Waals surface area contributed by atoms with E-state index in [-0.39, 0.29) is 60.8 Å². The molecule has 0 aliphatic carbocycles. The molecule has 0 aliphatic rings. The monoisotopic (exact) mass is 426 g/mol. The Bertz CT molecular complexity index is 543. The Hall–Kier alpha value is -0.996. The van der Waals surface area contributed by atoms with Crippen LogP contribution < -0.4 is 11.1 Å². The predicted octanol–water partition coefficient (Wildman–Crippen LogP) is 6.34. The van der Waals surface area contributed by atoms with E-state index >= 15 is 0 Å². The van der Waals surface area contributed by atoms with Crippen molar-refractivity contribution >= 4 is 11.5 Å². The van der Waals surface area contributed by atoms with Crippen molar-refractivity contribution in [1.29, 1.82) is 0 Å². The molecule has 3 N–H and O–H groups in total. The van der Waals surface area contributed by atoms with Gasteiger partial charge in [0.2, 0.25) is 0 Å². The Kier molecular flexibility index (Phi) is 20.9. The van der Waals surface area contributed by atoms with Gasteiger partial charge in [0.25, 0.3) is 0 Å². The van der Waals surface area contributed by atoms with Gasteiger partial charge in [-0.1, -0.05) is 48.3 Å². The zero-order chi connectivity index (χ0) is 15.8. The van der Waals surface area contributed by atoms with E-state index < -0.39 is 0 Å². The Morgan fingerprint density at radius 3 is 1.88 bits per heavy atom. The molecule has 141 valence electrons. The van der Waals surface area contributed by atoms with Crippen LogP contribution in [0.4, 0.5) is 15.9 Å². The number of pyridine rings is 1. The molecule has 0 unspecified atom stereocenters. The quantitative estimate of drug-likeness (QED) is 0.602. The summed E-state index contributed by atoms with van der Waals surface area (Å²) < 4.78 is 12.4. The summed E-state index contributed by atoms with van der Waals surface area (Å²) in [6.07, 6.45) is 1.72. The molecule has 0 fully saturated rings. The minimum atomic E-state index is -0.163. The van der Waals surface area contributed by atoms with Crippen LogP contribution >= 0.6 is 0 Å². The predicted molar refractivity (Wildman–Crippen MR) is 108 cm³/mol. The Morgan fingerprint density at radius 2 is 1.48 bits per heavy atom. The summed E-state index contributed by atoms with van der Waals surface area (Å²) in [5.41, 5.74) is 7.52. The fourth-order valence-electron chi connectivity index (χ4n) is 1.66. The van der Waals surface area contributed by atoms with Gasteiger partial charge in [-0.15, -0.1) is 0 Å². The standard InChI is InChI=1S/C9H11F.C8H13N3.3CH4.Y/c1-7(2)8-3-5-9(10)6-4-8;1-6(2)11-8-7(9)4-3-5-10-8;;;;/h3-7H,1-2H3;3-6H,9H2,1-2H3,(H,10,11);3*1H4;. The number of aromatic nitrogens is 1. The number of rotatable bonds is 3. The molecule has 25 heavy (non-hydrogen) atoms. The molecule has 0 bridgehead atoms. The smallest absolute Gasteiger partial charge is 0.149 e. The van der Waals surface area contributed by atoms with Crippen LogP contribution in [-0.4, -0.2) is 11.0 Å². The molecule has 2 aromatic rings. The molecule has 1 aromatic heterocycles. The van der Waals surface area contributed by atoms with Crippen LogP contribution in [0.2, 0.25) is 0 Å².